The van der Waals surface area contributed by atoms with E-state index in [0.717, 1.165) is 16.5 Å². The summed E-state index contributed by atoms with van der Waals surface area (Å²) in [4.78, 5) is 14.3. The summed E-state index contributed by atoms with van der Waals surface area (Å²) < 4.78 is 4.57. The van der Waals surface area contributed by atoms with Gasteiger partial charge in [0.05, 0.1) is 7.11 Å². The third-order valence-electron chi connectivity index (χ3n) is 2.69. The number of phenols is 1. The van der Waals surface area contributed by atoms with Crippen LogP contribution in [0.25, 0.3) is 10.9 Å². The van der Waals surface area contributed by atoms with Crippen molar-refractivity contribution in [1.82, 2.24) is 4.98 Å². The Hall–Kier alpha value is -2.01. The van der Waals surface area contributed by atoms with Gasteiger partial charge < -0.3 is 20.6 Å². The fourth-order valence-corrected chi connectivity index (χ4v) is 1.81. The molecule has 0 aliphatic heterocycles. The molecule has 0 fully saturated rings. The van der Waals surface area contributed by atoms with Crippen molar-refractivity contribution in [2.24, 2.45) is 5.73 Å². The average Bonchev–Trinajstić information content (AvgIpc) is 2.71. The fourth-order valence-electron chi connectivity index (χ4n) is 1.81. The average molecular weight is 234 g/mol. The van der Waals surface area contributed by atoms with Gasteiger partial charge in [0.2, 0.25) is 0 Å². The molecule has 0 spiro atoms. The molecule has 2 rings (SSSR count). The number of aromatic amines is 1. The summed E-state index contributed by atoms with van der Waals surface area (Å²) in [5, 5.41) is 10.3. The maximum absolute atomic E-state index is 11.2. The molecule has 0 saturated carbocycles. The summed E-state index contributed by atoms with van der Waals surface area (Å²) in [6.45, 7) is 0. The highest BCUT2D eigenvalue weighted by atomic mass is 16.5. The number of hydrogen-bond acceptors (Lipinski definition) is 4. The highest BCUT2D eigenvalue weighted by molar-refractivity contribution is 5.85. The molecule has 5 nitrogen and oxygen atoms in total. The van der Waals surface area contributed by atoms with Gasteiger partial charge in [0, 0.05) is 23.5 Å². The number of H-pyrrole nitrogens is 1. The molecule has 1 aromatic carbocycles. The number of carbonyl (C=O) groups excluding carboxylic acids is 1. The molecule has 0 aliphatic rings. The molecular formula is C12H14N2O3. The Labute approximate surface area is 98.2 Å². The number of phenolic OH excluding ortho intramolecular Hbond substituents is 1. The van der Waals surface area contributed by atoms with Crippen molar-refractivity contribution in [2.45, 2.75) is 12.5 Å². The van der Waals surface area contributed by atoms with Crippen LogP contribution in [0.2, 0.25) is 0 Å². The second-order valence-corrected chi connectivity index (χ2v) is 3.88. The van der Waals surface area contributed by atoms with Gasteiger partial charge in [0.15, 0.2) is 0 Å². The van der Waals surface area contributed by atoms with Gasteiger partial charge >= 0.3 is 5.97 Å². The minimum atomic E-state index is -0.693. The van der Waals surface area contributed by atoms with E-state index in [0.29, 0.717) is 6.42 Å². The highest BCUT2D eigenvalue weighted by Crippen LogP contribution is 2.23. The van der Waals surface area contributed by atoms with E-state index < -0.39 is 12.0 Å². The van der Waals surface area contributed by atoms with E-state index in [-0.39, 0.29) is 5.75 Å². The van der Waals surface area contributed by atoms with Crippen LogP contribution in [0.3, 0.4) is 0 Å². The number of nitrogens with two attached hydrogens (primary N) is 1. The predicted molar refractivity (Wildman–Crippen MR) is 63.7 cm³/mol. The van der Waals surface area contributed by atoms with Gasteiger partial charge in [0.1, 0.15) is 11.8 Å². The van der Waals surface area contributed by atoms with Gasteiger partial charge in [-0.2, -0.15) is 0 Å². The zero-order chi connectivity index (χ0) is 12.4. The van der Waals surface area contributed by atoms with Gasteiger partial charge in [0.25, 0.3) is 0 Å². The summed E-state index contributed by atoms with van der Waals surface area (Å²) in [6, 6.07) is 4.33. The van der Waals surface area contributed by atoms with Gasteiger partial charge in [-0.25, -0.2) is 0 Å². The lowest BCUT2D eigenvalue weighted by Gasteiger charge is -2.08. The molecule has 0 bridgehead atoms. The van der Waals surface area contributed by atoms with E-state index in [2.05, 4.69) is 9.72 Å². The molecular weight excluding hydrogens is 220 g/mol. The van der Waals surface area contributed by atoms with Gasteiger partial charge in [-0.1, -0.05) is 0 Å². The first kappa shape index (κ1) is 11.5. The second-order valence-electron chi connectivity index (χ2n) is 3.88. The lowest BCUT2D eigenvalue weighted by molar-refractivity contribution is -0.142. The maximum Gasteiger partial charge on any atom is 0.322 e. The van der Waals surface area contributed by atoms with Crippen LogP contribution >= 0.6 is 0 Å². The Morgan fingerprint density at radius 3 is 3.06 bits per heavy atom. The molecule has 5 heteroatoms. The van der Waals surface area contributed by atoms with E-state index in [4.69, 9.17) is 5.73 Å². The van der Waals surface area contributed by atoms with Crippen LogP contribution in [0, 0.1) is 0 Å². The fraction of sp³-hybridized carbons (Fsp3) is 0.250. The molecule has 0 aliphatic carbocycles. The van der Waals surface area contributed by atoms with E-state index in [1.54, 1.807) is 24.4 Å². The van der Waals surface area contributed by atoms with Crippen LogP contribution in [0.15, 0.2) is 24.4 Å². The van der Waals surface area contributed by atoms with Gasteiger partial charge in [-0.3, -0.25) is 4.79 Å². The molecule has 1 unspecified atom stereocenters. The van der Waals surface area contributed by atoms with E-state index in [1.807, 2.05) is 0 Å². The number of aromatic nitrogens is 1. The summed E-state index contributed by atoms with van der Waals surface area (Å²) in [7, 11) is 1.31. The first-order valence-corrected chi connectivity index (χ1v) is 5.24. The van der Waals surface area contributed by atoms with Crippen LogP contribution in [-0.4, -0.2) is 29.2 Å². The third kappa shape index (κ3) is 2.24. The first-order chi connectivity index (χ1) is 8.11. The number of ether oxygens (including phenoxy) is 1. The van der Waals surface area contributed by atoms with Crippen molar-refractivity contribution in [2.75, 3.05) is 7.11 Å². The van der Waals surface area contributed by atoms with Crippen molar-refractivity contribution in [1.29, 1.82) is 0 Å². The molecule has 0 radical (unpaired) electrons. The number of nitrogens with one attached hydrogen (secondary N) is 1. The van der Waals surface area contributed by atoms with Crippen molar-refractivity contribution in [3.05, 3.63) is 30.0 Å². The van der Waals surface area contributed by atoms with Crippen LogP contribution in [0.4, 0.5) is 0 Å². The standard InChI is InChI=1S/C12H14N2O3/c1-17-12(16)10(13)4-7-6-14-11-3-2-8(15)5-9(7)11/h2-3,5-6,10,14-15H,4,13H2,1H3. The Bertz CT molecular complexity index is 548. The summed E-state index contributed by atoms with van der Waals surface area (Å²) >= 11 is 0. The van der Waals surface area contributed by atoms with Gasteiger partial charge in [-0.05, 0) is 23.8 Å². The van der Waals surface area contributed by atoms with E-state index in [1.165, 1.54) is 7.11 Å². The van der Waals surface area contributed by atoms with Crippen molar-refractivity contribution < 1.29 is 14.6 Å². The molecule has 4 N–H and O–H groups in total. The minimum Gasteiger partial charge on any atom is -0.508 e. The number of hydrogen-bond donors (Lipinski definition) is 3. The zero-order valence-electron chi connectivity index (χ0n) is 9.43. The molecule has 0 amide bonds. The monoisotopic (exact) mass is 234 g/mol. The number of rotatable bonds is 3. The topological polar surface area (TPSA) is 88.3 Å². The number of carbonyl (C=O) groups is 1. The zero-order valence-corrected chi connectivity index (χ0v) is 9.43. The lowest BCUT2D eigenvalue weighted by Crippen LogP contribution is -2.33. The number of fused-ring (bicyclic) bond motifs is 1. The number of methoxy groups -OCH3 is 1. The summed E-state index contributed by atoms with van der Waals surface area (Å²) in [5.41, 5.74) is 7.48. The molecule has 1 heterocycles. The smallest absolute Gasteiger partial charge is 0.322 e. The SMILES string of the molecule is COC(=O)C(N)Cc1c[nH]c2ccc(O)cc12. The van der Waals surface area contributed by atoms with Crippen molar-refractivity contribution in [3.63, 3.8) is 0 Å². The molecule has 1 aromatic heterocycles. The Kier molecular flexibility index (Phi) is 3.01. The van der Waals surface area contributed by atoms with Crippen molar-refractivity contribution in [3.8, 4) is 5.75 Å². The number of aromatic hydroxyl groups is 1. The highest BCUT2D eigenvalue weighted by Gasteiger charge is 2.16. The minimum absolute atomic E-state index is 0.185. The number of benzene rings is 1. The predicted octanol–water partition coefficient (Wildman–Crippen LogP) is 0.916. The molecule has 1 atom stereocenters. The molecule has 2 aromatic rings. The Balaban J connectivity index is 2.30. The van der Waals surface area contributed by atoms with E-state index in [9.17, 15) is 9.90 Å². The Morgan fingerprint density at radius 1 is 1.59 bits per heavy atom. The summed E-state index contributed by atoms with van der Waals surface area (Å²) in [6.07, 6.45) is 2.16. The van der Waals surface area contributed by atoms with Crippen molar-refractivity contribution >= 4 is 16.9 Å². The lowest BCUT2D eigenvalue weighted by atomic mass is 10.1. The maximum atomic E-state index is 11.2. The molecule has 90 valence electrons. The third-order valence-corrected chi connectivity index (χ3v) is 2.69. The van der Waals surface area contributed by atoms with Gasteiger partial charge in [-0.15, -0.1) is 0 Å². The Morgan fingerprint density at radius 2 is 2.35 bits per heavy atom. The molecule has 17 heavy (non-hydrogen) atoms. The van der Waals surface area contributed by atoms with Crippen LogP contribution in [0.1, 0.15) is 5.56 Å². The largest absolute Gasteiger partial charge is 0.508 e. The second kappa shape index (κ2) is 4.47. The quantitative estimate of drug-likeness (QED) is 0.689. The van der Waals surface area contributed by atoms with Crippen LogP contribution in [0.5, 0.6) is 5.75 Å². The van der Waals surface area contributed by atoms with Crippen LogP contribution < -0.4 is 5.73 Å². The normalized spacial score (nSPS) is 12.6. The van der Waals surface area contributed by atoms with Crippen LogP contribution in [-0.2, 0) is 16.0 Å². The first-order valence-electron chi connectivity index (χ1n) is 5.24. The number of esters is 1. The van der Waals surface area contributed by atoms with E-state index >= 15 is 0 Å². The summed E-state index contributed by atoms with van der Waals surface area (Å²) in [5.74, 6) is -0.260. The molecule has 0 saturated heterocycles.